The standard InChI is InChI=1S/C16H15N3O3S/c1-22-16-6-3-2-5-15(16)18-23(20,21)14-9-7-13(8-10-14)19-12-4-11-17-19/h2-12,18H,1H3. The summed E-state index contributed by atoms with van der Waals surface area (Å²) < 4.78 is 34.3. The average molecular weight is 329 g/mol. The number of benzene rings is 2. The molecule has 3 aromatic rings. The maximum absolute atomic E-state index is 12.5. The zero-order valence-electron chi connectivity index (χ0n) is 12.4. The number of aromatic nitrogens is 2. The lowest BCUT2D eigenvalue weighted by Gasteiger charge is -2.12. The fourth-order valence-electron chi connectivity index (χ4n) is 2.13. The molecule has 1 N–H and O–H groups in total. The number of nitrogens with zero attached hydrogens (tertiary/aromatic N) is 2. The third kappa shape index (κ3) is 3.19. The lowest BCUT2D eigenvalue weighted by molar-refractivity contribution is 0.417. The molecule has 2 aromatic carbocycles. The van der Waals surface area contributed by atoms with E-state index in [0.717, 1.165) is 5.69 Å². The highest BCUT2D eigenvalue weighted by atomic mass is 32.2. The molecule has 0 saturated heterocycles. The van der Waals surface area contributed by atoms with E-state index in [1.807, 2.05) is 0 Å². The van der Waals surface area contributed by atoms with Gasteiger partial charge >= 0.3 is 0 Å². The highest BCUT2D eigenvalue weighted by molar-refractivity contribution is 7.92. The van der Waals surface area contributed by atoms with Crippen molar-refractivity contribution in [1.82, 2.24) is 9.78 Å². The summed E-state index contributed by atoms with van der Waals surface area (Å²) in [5.74, 6) is 0.462. The van der Waals surface area contributed by atoms with Crippen molar-refractivity contribution in [2.45, 2.75) is 4.90 Å². The second-order valence-electron chi connectivity index (χ2n) is 4.75. The van der Waals surface area contributed by atoms with Gasteiger partial charge in [0.15, 0.2) is 0 Å². The predicted octanol–water partition coefficient (Wildman–Crippen LogP) is 2.68. The van der Waals surface area contributed by atoms with Gasteiger partial charge in [-0.25, -0.2) is 13.1 Å². The molecule has 0 bridgehead atoms. The van der Waals surface area contributed by atoms with Crippen LogP contribution in [0.15, 0.2) is 71.9 Å². The Balaban J connectivity index is 1.88. The molecule has 3 rings (SSSR count). The normalized spacial score (nSPS) is 11.2. The molecule has 0 unspecified atom stereocenters. The number of nitrogens with one attached hydrogen (secondary N) is 1. The van der Waals surface area contributed by atoms with Gasteiger partial charge in [-0.2, -0.15) is 5.10 Å². The van der Waals surface area contributed by atoms with Crippen molar-refractivity contribution >= 4 is 15.7 Å². The van der Waals surface area contributed by atoms with Crippen molar-refractivity contribution < 1.29 is 13.2 Å². The van der Waals surface area contributed by atoms with Crippen molar-refractivity contribution in [1.29, 1.82) is 0 Å². The second-order valence-corrected chi connectivity index (χ2v) is 6.43. The first-order valence-corrected chi connectivity index (χ1v) is 8.34. The van der Waals surface area contributed by atoms with Crippen LogP contribution in [0.4, 0.5) is 5.69 Å². The lowest BCUT2D eigenvalue weighted by Crippen LogP contribution is -2.13. The second kappa shape index (κ2) is 6.13. The molecular weight excluding hydrogens is 314 g/mol. The molecule has 0 spiro atoms. The molecule has 0 radical (unpaired) electrons. The van der Waals surface area contributed by atoms with Crippen LogP contribution >= 0.6 is 0 Å². The molecule has 6 nitrogen and oxygen atoms in total. The van der Waals surface area contributed by atoms with E-state index >= 15 is 0 Å². The van der Waals surface area contributed by atoms with E-state index in [0.29, 0.717) is 11.4 Å². The van der Waals surface area contributed by atoms with Gasteiger partial charge in [0, 0.05) is 12.4 Å². The number of hydrogen-bond acceptors (Lipinski definition) is 4. The van der Waals surface area contributed by atoms with E-state index < -0.39 is 10.0 Å². The van der Waals surface area contributed by atoms with E-state index in [1.165, 1.54) is 19.2 Å². The fraction of sp³-hybridized carbons (Fsp3) is 0.0625. The van der Waals surface area contributed by atoms with Crippen LogP contribution in [-0.2, 0) is 10.0 Å². The van der Waals surface area contributed by atoms with Gasteiger partial charge in [0.1, 0.15) is 5.75 Å². The minimum Gasteiger partial charge on any atom is -0.495 e. The number of para-hydroxylation sites is 2. The summed E-state index contributed by atoms with van der Waals surface area (Å²) in [4.78, 5) is 0.166. The molecule has 0 aliphatic heterocycles. The third-order valence-corrected chi connectivity index (χ3v) is 4.65. The van der Waals surface area contributed by atoms with Crippen LogP contribution < -0.4 is 9.46 Å². The minimum atomic E-state index is -3.69. The van der Waals surface area contributed by atoms with Gasteiger partial charge in [-0.15, -0.1) is 0 Å². The van der Waals surface area contributed by atoms with Crippen molar-refractivity contribution in [3.63, 3.8) is 0 Å². The maximum atomic E-state index is 12.5. The first-order valence-electron chi connectivity index (χ1n) is 6.86. The van der Waals surface area contributed by atoms with Crippen LogP contribution in [-0.4, -0.2) is 25.3 Å². The van der Waals surface area contributed by atoms with Crippen molar-refractivity contribution in [3.8, 4) is 11.4 Å². The molecular formula is C16H15N3O3S. The smallest absolute Gasteiger partial charge is 0.262 e. The van der Waals surface area contributed by atoms with Gasteiger partial charge in [-0.05, 0) is 42.5 Å². The average Bonchev–Trinajstić information content (AvgIpc) is 3.10. The molecule has 0 amide bonds. The van der Waals surface area contributed by atoms with Crippen LogP contribution in [0, 0.1) is 0 Å². The summed E-state index contributed by atoms with van der Waals surface area (Å²) in [5.41, 5.74) is 1.18. The topological polar surface area (TPSA) is 73.2 Å². The Morgan fingerprint density at radius 1 is 1.04 bits per heavy atom. The van der Waals surface area contributed by atoms with Crippen LogP contribution in [0.2, 0.25) is 0 Å². The molecule has 0 aliphatic rings. The summed E-state index contributed by atoms with van der Waals surface area (Å²) in [6, 6.07) is 15.1. The van der Waals surface area contributed by atoms with Crippen molar-refractivity contribution in [2.24, 2.45) is 0 Å². The van der Waals surface area contributed by atoms with E-state index in [-0.39, 0.29) is 4.90 Å². The highest BCUT2D eigenvalue weighted by Crippen LogP contribution is 2.26. The van der Waals surface area contributed by atoms with Crippen molar-refractivity contribution in [3.05, 3.63) is 67.0 Å². The molecule has 1 aromatic heterocycles. The maximum Gasteiger partial charge on any atom is 0.262 e. The number of hydrogen-bond donors (Lipinski definition) is 1. The predicted molar refractivity (Wildman–Crippen MR) is 87.4 cm³/mol. The molecule has 1 heterocycles. The number of sulfonamides is 1. The van der Waals surface area contributed by atoms with Crippen LogP contribution in [0.5, 0.6) is 5.75 Å². The fourth-order valence-corrected chi connectivity index (χ4v) is 3.20. The molecule has 0 aliphatic carbocycles. The van der Waals surface area contributed by atoms with Crippen LogP contribution in [0.25, 0.3) is 5.69 Å². The quantitative estimate of drug-likeness (QED) is 0.781. The Morgan fingerprint density at radius 2 is 1.78 bits per heavy atom. The van der Waals surface area contributed by atoms with Gasteiger partial charge in [0.25, 0.3) is 10.0 Å². The summed E-state index contributed by atoms with van der Waals surface area (Å²) in [6.45, 7) is 0. The van der Waals surface area contributed by atoms with E-state index in [9.17, 15) is 8.42 Å². The Morgan fingerprint density at radius 3 is 2.43 bits per heavy atom. The number of ether oxygens (including phenoxy) is 1. The zero-order valence-corrected chi connectivity index (χ0v) is 13.2. The van der Waals surface area contributed by atoms with E-state index in [1.54, 1.807) is 59.5 Å². The molecule has 7 heteroatoms. The summed E-state index contributed by atoms with van der Waals surface area (Å²) >= 11 is 0. The van der Waals surface area contributed by atoms with Gasteiger partial charge in [-0.1, -0.05) is 12.1 Å². The Labute approximate surface area is 134 Å². The van der Waals surface area contributed by atoms with Crippen LogP contribution in [0.3, 0.4) is 0 Å². The number of methoxy groups -OCH3 is 1. The largest absolute Gasteiger partial charge is 0.495 e. The number of rotatable bonds is 5. The Hall–Kier alpha value is -2.80. The molecule has 0 fully saturated rings. The monoisotopic (exact) mass is 329 g/mol. The van der Waals surface area contributed by atoms with E-state index in [4.69, 9.17) is 4.74 Å². The Bertz CT molecular complexity index is 889. The van der Waals surface area contributed by atoms with Crippen LogP contribution in [0.1, 0.15) is 0 Å². The lowest BCUT2D eigenvalue weighted by atomic mass is 10.3. The summed E-state index contributed by atoms with van der Waals surface area (Å²) in [7, 11) is -2.20. The number of anilines is 1. The SMILES string of the molecule is COc1ccccc1NS(=O)(=O)c1ccc(-n2cccn2)cc1. The molecule has 0 atom stereocenters. The van der Waals surface area contributed by atoms with Gasteiger partial charge < -0.3 is 4.74 Å². The highest BCUT2D eigenvalue weighted by Gasteiger charge is 2.16. The molecule has 0 saturated carbocycles. The summed E-state index contributed by atoms with van der Waals surface area (Å²) in [6.07, 6.45) is 3.45. The minimum absolute atomic E-state index is 0.166. The molecule has 118 valence electrons. The third-order valence-electron chi connectivity index (χ3n) is 3.27. The summed E-state index contributed by atoms with van der Waals surface area (Å²) in [5, 5.41) is 4.10. The van der Waals surface area contributed by atoms with Gasteiger partial charge in [-0.3, -0.25) is 4.72 Å². The van der Waals surface area contributed by atoms with Crippen molar-refractivity contribution in [2.75, 3.05) is 11.8 Å². The molecule has 23 heavy (non-hydrogen) atoms. The van der Waals surface area contributed by atoms with Gasteiger partial charge in [0.05, 0.1) is 23.4 Å². The first kappa shape index (κ1) is 15.1. The van der Waals surface area contributed by atoms with Gasteiger partial charge in [0.2, 0.25) is 0 Å². The Kier molecular flexibility index (Phi) is 4.03. The first-order chi connectivity index (χ1) is 11.1. The van der Waals surface area contributed by atoms with E-state index in [2.05, 4.69) is 9.82 Å². The zero-order chi connectivity index (χ0) is 16.3.